The Labute approximate surface area is 180 Å². The van der Waals surface area contributed by atoms with Crippen LogP contribution in [0.25, 0.3) is 0 Å². The first-order valence-corrected chi connectivity index (χ1v) is 9.99. The van der Waals surface area contributed by atoms with Crippen molar-refractivity contribution in [2.45, 2.75) is 11.7 Å². The van der Waals surface area contributed by atoms with Crippen molar-refractivity contribution < 1.29 is 19.5 Å². The molecule has 0 saturated carbocycles. The zero-order valence-corrected chi connectivity index (χ0v) is 17.4. The molecule has 0 spiro atoms. The van der Waals surface area contributed by atoms with Crippen molar-refractivity contribution in [1.29, 1.82) is 0 Å². The summed E-state index contributed by atoms with van der Waals surface area (Å²) in [5, 5.41) is 12.1. The first-order valence-electron chi connectivity index (χ1n) is 8.36. The van der Waals surface area contributed by atoms with Gasteiger partial charge in [-0.15, -0.1) is 0 Å². The third-order valence-electron chi connectivity index (χ3n) is 4.08. The molecule has 1 atom stereocenters. The number of carbonyl (C=O) groups excluding carboxylic acids is 2. The van der Waals surface area contributed by atoms with Gasteiger partial charge in [0.2, 0.25) is 11.8 Å². The van der Waals surface area contributed by atoms with E-state index in [1.165, 1.54) is 29.2 Å². The molecule has 10 heteroatoms. The van der Waals surface area contributed by atoms with Crippen molar-refractivity contribution in [1.82, 2.24) is 4.90 Å². The normalized spacial score (nSPS) is 18.0. The number of carboxylic acid groups (broad SMARTS) is 1. The van der Waals surface area contributed by atoms with E-state index in [4.69, 9.17) is 28.3 Å². The van der Waals surface area contributed by atoms with Gasteiger partial charge in [0.15, 0.2) is 5.17 Å². The van der Waals surface area contributed by atoms with Crippen molar-refractivity contribution in [3.05, 3.63) is 58.1 Å². The van der Waals surface area contributed by atoms with Crippen molar-refractivity contribution in [2.24, 2.45) is 4.99 Å². The van der Waals surface area contributed by atoms with Gasteiger partial charge in [0.1, 0.15) is 5.25 Å². The van der Waals surface area contributed by atoms with Gasteiger partial charge < -0.3 is 10.4 Å². The van der Waals surface area contributed by atoms with Crippen LogP contribution in [0.4, 0.5) is 11.4 Å². The summed E-state index contributed by atoms with van der Waals surface area (Å²) in [5.74, 6) is -1.70. The molecule has 2 aromatic rings. The number of halogens is 2. The highest BCUT2D eigenvalue weighted by Crippen LogP contribution is 2.33. The largest absolute Gasteiger partial charge is 0.478 e. The van der Waals surface area contributed by atoms with Crippen molar-refractivity contribution in [2.75, 3.05) is 12.4 Å². The van der Waals surface area contributed by atoms with Gasteiger partial charge in [0.25, 0.3) is 0 Å². The van der Waals surface area contributed by atoms with Crippen LogP contribution in [0.2, 0.25) is 10.0 Å². The summed E-state index contributed by atoms with van der Waals surface area (Å²) in [6.45, 7) is 0. The molecule has 1 heterocycles. The second-order valence-electron chi connectivity index (χ2n) is 6.13. The number of carbonyl (C=O) groups is 3. The highest BCUT2D eigenvalue weighted by Gasteiger charge is 2.34. The fourth-order valence-electron chi connectivity index (χ4n) is 2.49. The number of amidine groups is 1. The maximum absolute atomic E-state index is 12.6. The summed E-state index contributed by atoms with van der Waals surface area (Å²) < 4.78 is 0. The predicted molar refractivity (Wildman–Crippen MR) is 114 cm³/mol. The third-order valence-corrected chi connectivity index (χ3v) is 5.88. The molecule has 0 radical (unpaired) electrons. The number of hydrogen-bond donors (Lipinski definition) is 2. The molecule has 0 bridgehead atoms. The maximum atomic E-state index is 12.6. The summed E-state index contributed by atoms with van der Waals surface area (Å²) in [6.07, 6.45) is 0.00249. The van der Waals surface area contributed by atoms with Crippen LogP contribution >= 0.6 is 35.0 Å². The Hall–Kier alpha value is -2.55. The summed E-state index contributed by atoms with van der Waals surface area (Å²) in [5.41, 5.74) is 0.939. The van der Waals surface area contributed by atoms with Crippen LogP contribution in [-0.2, 0) is 9.59 Å². The van der Waals surface area contributed by atoms with Gasteiger partial charge in [-0.2, -0.15) is 0 Å². The van der Waals surface area contributed by atoms with Crippen LogP contribution in [0.1, 0.15) is 16.8 Å². The number of benzene rings is 2. The average Bonchev–Trinajstić information content (AvgIpc) is 2.68. The molecule has 0 aliphatic carbocycles. The SMILES string of the molecule is CN1C(=O)C[C@@H](C(=O)Nc2ccc(C(=O)O)cc2)SC1=Nc1cc(Cl)ccc1Cl. The van der Waals surface area contributed by atoms with E-state index < -0.39 is 11.2 Å². The van der Waals surface area contributed by atoms with E-state index in [0.717, 1.165) is 11.8 Å². The molecule has 2 N–H and O–H groups in total. The van der Waals surface area contributed by atoms with E-state index in [1.807, 2.05) is 0 Å². The standard InChI is InChI=1S/C19H15Cl2N3O4S/c1-24-16(25)9-15(17(26)22-12-5-2-10(3-6-12)18(27)28)29-19(24)23-14-8-11(20)4-7-13(14)21/h2-8,15H,9H2,1H3,(H,22,26)(H,27,28)/t15-/m0/s1. The van der Waals surface area contributed by atoms with E-state index in [-0.39, 0.29) is 23.8 Å². The number of nitrogens with one attached hydrogen (secondary N) is 1. The van der Waals surface area contributed by atoms with Crippen molar-refractivity contribution in [3.8, 4) is 0 Å². The molecule has 2 aromatic carbocycles. The molecular weight excluding hydrogens is 437 g/mol. The van der Waals surface area contributed by atoms with Gasteiger partial charge in [-0.3, -0.25) is 14.5 Å². The number of thioether (sulfide) groups is 1. The predicted octanol–water partition coefficient (Wildman–Crippen LogP) is 4.28. The van der Waals surface area contributed by atoms with Crippen LogP contribution in [-0.4, -0.2) is 45.3 Å². The molecule has 0 aromatic heterocycles. The van der Waals surface area contributed by atoms with E-state index in [0.29, 0.717) is 26.6 Å². The van der Waals surface area contributed by atoms with Crippen LogP contribution < -0.4 is 5.32 Å². The first-order chi connectivity index (χ1) is 13.7. The Bertz CT molecular complexity index is 1010. The van der Waals surface area contributed by atoms with Crippen LogP contribution in [0.3, 0.4) is 0 Å². The number of hydrogen-bond acceptors (Lipinski definition) is 5. The van der Waals surface area contributed by atoms with E-state index in [2.05, 4.69) is 10.3 Å². The monoisotopic (exact) mass is 451 g/mol. The zero-order chi connectivity index (χ0) is 21.1. The van der Waals surface area contributed by atoms with Crippen molar-refractivity contribution >= 4 is 69.3 Å². The minimum absolute atomic E-state index is 0.00249. The molecule has 150 valence electrons. The number of rotatable bonds is 4. The molecule has 1 aliphatic rings. The number of aliphatic imine (C=N–C) groups is 1. The molecule has 1 saturated heterocycles. The van der Waals surface area contributed by atoms with Crippen LogP contribution in [0.15, 0.2) is 47.5 Å². The number of nitrogens with zero attached hydrogens (tertiary/aromatic N) is 2. The number of aromatic carboxylic acids is 1. The molecule has 0 unspecified atom stereocenters. The van der Waals surface area contributed by atoms with E-state index in [1.54, 1.807) is 25.2 Å². The smallest absolute Gasteiger partial charge is 0.335 e. The minimum Gasteiger partial charge on any atom is -0.478 e. The Morgan fingerprint density at radius 1 is 1.21 bits per heavy atom. The molecule has 3 rings (SSSR count). The second kappa shape index (κ2) is 8.86. The zero-order valence-electron chi connectivity index (χ0n) is 15.1. The Kier molecular flexibility index (Phi) is 6.46. The minimum atomic E-state index is -1.06. The summed E-state index contributed by atoms with van der Waals surface area (Å²) in [7, 11) is 1.57. The van der Waals surface area contributed by atoms with Gasteiger partial charge >= 0.3 is 5.97 Å². The number of anilines is 1. The fraction of sp³-hybridized carbons (Fsp3) is 0.158. The third kappa shape index (κ3) is 5.09. The molecule has 7 nitrogen and oxygen atoms in total. The lowest BCUT2D eigenvalue weighted by Gasteiger charge is -2.28. The van der Waals surface area contributed by atoms with Crippen LogP contribution in [0.5, 0.6) is 0 Å². The highest BCUT2D eigenvalue weighted by molar-refractivity contribution is 8.15. The topological polar surface area (TPSA) is 99.1 Å². The first kappa shape index (κ1) is 21.2. The Balaban J connectivity index is 1.78. The van der Waals surface area contributed by atoms with Gasteiger partial charge in [0, 0.05) is 24.2 Å². The van der Waals surface area contributed by atoms with E-state index in [9.17, 15) is 14.4 Å². The van der Waals surface area contributed by atoms with Gasteiger partial charge in [-0.25, -0.2) is 9.79 Å². The molecular formula is C19H15Cl2N3O4S. The fourth-order valence-corrected chi connectivity index (χ4v) is 3.87. The molecule has 1 aliphatic heterocycles. The average molecular weight is 452 g/mol. The molecule has 2 amide bonds. The summed E-state index contributed by atoms with van der Waals surface area (Å²) >= 11 is 13.3. The summed E-state index contributed by atoms with van der Waals surface area (Å²) in [6, 6.07) is 10.6. The summed E-state index contributed by atoms with van der Waals surface area (Å²) in [4.78, 5) is 41.7. The molecule has 1 fully saturated rings. The van der Waals surface area contributed by atoms with Gasteiger partial charge in [-0.05, 0) is 42.5 Å². The quantitative estimate of drug-likeness (QED) is 0.722. The Morgan fingerprint density at radius 3 is 2.55 bits per heavy atom. The Morgan fingerprint density at radius 2 is 1.90 bits per heavy atom. The van der Waals surface area contributed by atoms with Crippen LogP contribution in [0, 0.1) is 0 Å². The lowest BCUT2D eigenvalue weighted by atomic mass is 10.2. The second-order valence-corrected chi connectivity index (χ2v) is 8.14. The lowest BCUT2D eigenvalue weighted by molar-refractivity contribution is -0.128. The lowest BCUT2D eigenvalue weighted by Crippen LogP contribution is -2.43. The van der Waals surface area contributed by atoms with Gasteiger partial charge in [-0.1, -0.05) is 35.0 Å². The van der Waals surface area contributed by atoms with Gasteiger partial charge in [0.05, 0.1) is 16.3 Å². The highest BCUT2D eigenvalue weighted by atomic mass is 35.5. The maximum Gasteiger partial charge on any atom is 0.335 e. The number of amides is 2. The number of carboxylic acids is 1. The van der Waals surface area contributed by atoms with E-state index >= 15 is 0 Å². The molecule has 29 heavy (non-hydrogen) atoms. The van der Waals surface area contributed by atoms with Crippen molar-refractivity contribution in [3.63, 3.8) is 0 Å².